The Morgan fingerprint density at radius 2 is 1.97 bits per heavy atom. The zero-order valence-electron chi connectivity index (χ0n) is 20.1. The molecule has 2 aliphatic rings. The van der Waals surface area contributed by atoms with Gasteiger partial charge in [-0.3, -0.25) is 4.90 Å². The van der Waals surface area contributed by atoms with E-state index in [1.165, 1.54) is 19.0 Å². The van der Waals surface area contributed by atoms with Crippen LogP contribution >= 0.6 is 11.3 Å². The molecule has 2 atom stereocenters. The third kappa shape index (κ3) is 5.07. The van der Waals surface area contributed by atoms with Gasteiger partial charge in [-0.05, 0) is 51.6 Å². The van der Waals surface area contributed by atoms with Crippen molar-refractivity contribution in [1.82, 2.24) is 14.6 Å². The zero-order valence-corrected chi connectivity index (χ0v) is 21.8. The van der Waals surface area contributed by atoms with Crippen molar-refractivity contribution in [2.45, 2.75) is 31.3 Å². The number of aryl methyl sites for hydroxylation is 1. The summed E-state index contributed by atoms with van der Waals surface area (Å²) in [7, 11) is -0.841. The van der Waals surface area contributed by atoms with Gasteiger partial charge in [-0.2, -0.15) is 0 Å². The number of likely N-dealkylation sites (tertiary alicyclic amines) is 1. The van der Waals surface area contributed by atoms with E-state index in [0.29, 0.717) is 36.2 Å². The molecule has 2 N–H and O–H groups in total. The summed E-state index contributed by atoms with van der Waals surface area (Å²) in [5.41, 5.74) is 1.64. The molecule has 0 radical (unpaired) electrons. The Labute approximate surface area is 209 Å². The van der Waals surface area contributed by atoms with Gasteiger partial charge < -0.3 is 19.9 Å². The molecule has 2 aliphatic heterocycles. The minimum Gasteiger partial charge on any atom is -0.450 e. The summed E-state index contributed by atoms with van der Waals surface area (Å²) < 4.78 is 31.6. The fraction of sp³-hybridized carbons (Fsp3) is 0.500. The number of hydrogen-bond donors (Lipinski definition) is 2. The topological polar surface area (TPSA) is 124 Å². The van der Waals surface area contributed by atoms with Gasteiger partial charge in [0.2, 0.25) is 0 Å². The molecule has 1 aromatic heterocycles. The van der Waals surface area contributed by atoms with Gasteiger partial charge in [-0.1, -0.05) is 0 Å². The van der Waals surface area contributed by atoms with Gasteiger partial charge in [0.1, 0.15) is 0 Å². The second-order valence-corrected chi connectivity index (χ2v) is 11.5. The first-order valence-corrected chi connectivity index (χ1v) is 13.7. The normalized spacial score (nSPS) is 19.5. The Hall–Kier alpha value is -2.90. The molecule has 0 aliphatic carbocycles. The number of nitrogens with zero attached hydrogens (tertiary/aromatic N) is 4. The van der Waals surface area contributed by atoms with Crippen molar-refractivity contribution in [3.63, 3.8) is 0 Å². The Morgan fingerprint density at radius 3 is 2.63 bits per heavy atom. The fourth-order valence-electron chi connectivity index (χ4n) is 4.53. The van der Waals surface area contributed by atoms with E-state index < -0.39 is 16.1 Å². The average molecular weight is 523 g/mol. The number of sulfonamides is 1. The second kappa shape index (κ2) is 9.99. The number of rotatable bonds is 6. The van der Waals surface area contributed by atoms with Crippen molar-refractivity contribution in [1.29, 1.82) is 0 Å². The van der Waals surface area contributed by atoms with E-state index in [-0.39, 0.29) is 22.3 Å². The van der Waals surface area contributed by atoms with Gasteiger partial charge >= 0.3 is 12.1 Å². The van der Waals surface area contributed by atoms with Crippen LogP contribution in [-0.4, -0.2) is 76.8 Å². The molecule has 4 rings (SSSR count). The number of ether oxygens (including phenoxy) is 1. The summed E-state index contributed by atoms with van der Waals surface area (Å²) in [5.74, 6) is 0.422. The lowest BCUT2D eigenvalue weighted by atomic mass is 10.0. The SMILES string of the molecule is CCOC(=O)N1CC2CCN(c3ccc(NC(=O)N(C)c4nc(S(=O)(=O)NC)c(C)s4)cc3)C2C1. The maximum Gasteiger partial charge on any atom is 0.409 e. The molecular weight excluding hydrogens is 492 g/mol. The Balaban J connectivity index is 1.40. The number of carbonyl (C=O) groups excluding carboxylic acids is 2. The van der Waals surface area contributed by atoms with Gasteiger partial charge in [-0.15, -0.1) is 11.3 Å². The lowest BCUT2D eigenvalue weighted by Gasteiger charge is -2.27. The highest BCUT2D eigenvalue weighted by molar-refractivity contribution is 7.89. The van der Waals surface area contributed by atoms with Crippen molar-refractivity contribution in [3.8, 4) is 0 Å². The monoisotopic (exact) mass is 522 g/mol. The molecule has 190 valence electrons. The van der Waals surface area contributed by atoms with Crippen LogP contribution in [0, 0.1) is 12.8 Å². The highest BCUT2D eigenvalue weighted by Crippen LogP contribution is 2.36. The largest absolute Gasteiger partial charge is 0.450 e. The molecular formula is C22H30N6O5S2. The first-order valence-electron chi connectivity index (χ1n) is 11.4. The standard InChI is InChI=1S/C22H30N6O5S2/c1-5-33-22(30)27-12-15-10-11-28(18(15)13-27)17-8-6-16(7-9-17)24-20(29)26(4)21-25-19(14(2)34-21)35(31,32)23-3/h6-9,15,18,23H,5,10-13H2,1-4H3,(H,24,29). The number of amides is 3. The molecule has 13 heteroatoms. The van der Waals surface area contributed by atoms with Crippen molar-refractivity contribution in [2.24, 2.45) is 5.92 Å². The molecule has 3 heterocycles. The van der Waals surface area contributed by atoms with Crippen LogP contribution in [0.25, 0.3) is 0 Å². The number of anilines is 3. The number of aromatic nitrogens is 1. The number of thiazole rings is 1. The molecule has 2 fully saturated rings. The summed E-state index contributed by atoms with van der Waals surface area (Å²) in [6.07, 6.45) is 0.762. The average Bonchev–Trinajstić information content (AvgIpc) is 3.53. The molecule has 0 spiro atoms. The van der Waals surface area contributed by atoms with Crippen LogP contribution in [-0.2, 0) is 14.8 Å². The van der Waals surface area contributed by atoms with E-state index >= 15 is 0 Å². The highest BCUT2D eigenvalue weighted by Gasteiger charge is 2.43. The van der Waals surface area contributed by atoms with Crippen LogP contribution in [0.4, 0.5) is 26.1 Å². The smallest absolute Gasteiger partial charge is 0.409 e. The molecule has 2 aromatic rings. The van der Waals surface area contributed by atoms with E-state index in [0.717, 1.165) is 30.0 Å². The lowest BCUT2D eigenvalue weighted by molar-refractivity contribution is 0.113. The highest BCUT2D eigenvalue weighted by atomic mass is 32.2. The summed E-state index contributed by atoms with van der Waals surface area (Å²) in [6, 6.07) is 7.39. The minimum atomic E-state index is -3.70. The first-order chi connectivity index (χ1) is 16.6. The van der Waals surface area contributed by atoms with E-state index in [9.17, 15) is 18.0 Å². The van der Waals surface area contributed by atoms with Crippen LogP contribution in [0.1, 0.15) is 18.2 Å². The molecule has 11 nitrogen and oxygen atoms in total. The summed E-state index contributed by atoms with van der Waals surface area (Å²) >= 11 is 1.13. The van der Waals surface area contributed by atoms with E-state index in [4.69, 9.17) is 4.74 Å². The third-order valence-electron chi connectivity index (χ3n) is 6.38. The van der Waals surface area contributed by atoms with Crippen LogP contribution in [0.2, 0.25) is 0 Å². The molecule has 35 heavy (non-hydrogen) atoms. The van der Waals surface area contributed by atoms with E-state index in [1.807, 2.05) is 31.2 Å². The summed E-state index contributed by atoms with van der Waals surface area (Å²) in [5, 5.41) is 3.02. The van der Waals surface area contributed by atoms with Crippen molar-refractivity contribution in [2.75, 3.05) is 55.5 Å². The lowest BCUT2D eigenvalue weighted by Crippen LogP contribution is -2.37. The molecule has 0 bridgehead atoms. The number of fused-ring (bicyclic) bond motifs is 1. The van der Waals surface area contributed by atoms with Crippen LogP contribution < -0.4 is 19.8 Å². The minimum absolute atomic E-state index is 0.0821. The van der Waals surface area contributed by atoms with Gasteiger partial charge in [0, 0.05) is 48.9 Å². The fourth-order valence-corrected chi connectivity index (χ4v) is 6.59. The van der Waals surface area contributed by atoms with Crippen molar-refractivity contribution in [3.05, 3.63) is 29.1 Å². The van der Waals surface area contributed by atoms with Crippen molar-refractivity contribution < 1.29 is 22.7 Å². The maximum absolute atomic E-state index is 12.8. The Bertz CT molecular complexity index is 1200. The first kappa shape index (κ1) is 25.2. The summed E-state index contributed by atoms with van der Waals surface area (Å²) in [4.78, 5) is 34.9. The predicted octanol–water partition coefficient (Wildman–Crippen LogP) is 2.69. The van der Waals surface area contributed by atoms with E-state index in [1.54, 1.807) is 11.8 Å². The number of nitrogens with one attached hydrogen (secondary N) is 2. The van der Waals surface area contributed by atoms with E-state index in [2.05, 4.69) is 19.9 Å². The molecule has 0 saturated carbocycles. The van der Waals surface area contributed by atoms with Crippen LogP contribution in [0.15, 0.2) is 29.3 Å². The quantitative estimate of drug-likeness (QED) is 0.598. The van der Waals surface area contributed by atoms with Gasteiger partial charge in [0.05, 0.1) is 12.6 Å². The number of urea groups is 1. The van der Waals surface area contributed by atoms with Gasteiger partial charge in [0.25, 0.3) is 10.0 Å². The molecule has 1 aromatic carbocycles. The van der Waals surface area contributed by atoms with Crippen LogP contribution in [0.5, 0.6) is 0 Å². The Morgan fingerprint density at radius 1 is 1.26 bits per heavy atom. The van der Waals surface area contributed by atoms with Crippen molar-refractivity contribution >= 4 is 50.0 Å². The second-order valence-electron chi connectivity index (χ2n) is 8.51. The molecule has 3 amide bonds. The number of hydrogen-bond acceptors (Lipinski definition) is 8. The molecule has 2 saturated heterocycles. The van der Waals surface area contributed by atoms with Crippen LogP contribution in [0.3, 0.4) is 0 Å². The van der Waals surface area contributed by atoms with Gasteiger partial charge in [-0.25, -0.2) is 27.7 Å². The maximum atomic E-state index is 12.8. The number of carbonyl (C=O) groups is 2. The Kier molecular flexibility index (Phi) is 7.20. The van der Waals surface area contributed by atoms with Gasteiger partial charge in [0.15, 0.2) is 10.2 Å². The summed E-state index contributed by atoms with van der Waals surface area (Å²) in [6.45, 7) is 6.11. The predicted molar refractivity (Wildman–Crippen MR) is 135 cm³/mol. The third-order valence-corrected chi connectivity index (χ3v) is 9.00. The zero-order chi connectivity index (χ0) is 25.3. The number of benzene rings is 1. The molecule has 2 unspecified atom stereocenters.